The van der Waals surface area contributed by atoms with Crippen molar-refractivity contribution in [2.75, 3.05) is 32.1 Å². The van der Waals surface area contributed by atoms with Crippen molar-refractivity contribution in [3.8, 4) is 5.75 Å². The SMILES string of the molecule is COc1ccc(Nc2cccc3nc(C4CN(C(=O)Cc5ccco5)CCO4)cn23)cc1. The molecule has 1 saturated heterocycles. The number of carbonyl (C=O) groups excluding carboxylic acids is 1. The molecule has 8 heteroatoms. The number of furan rings is 1. The molecule has 1 aliphatic heterocycles. The molecule has 1 unspecified atom stereocenters. The van der Waals surface area contributed by atoms with E-state index in [1.54, 1.807) is 19.4 Å². The third-order valence-corrected chi connectivity index (χ3v) is 5.53. The van der Waals surface area contributed by atoms with Crippen LogP contribution in [-0.4, -0.2) is 47.0 Å². The third-order valence-electron chi connectivity index (χ3n) is 5.53. The normalized spacial score (nSPS) is 16.3. The number of hydrogen-bond acceptors (Lipinski definition) is 6. The summed E-state index contributed by atoms with van der Waals surface area (Å²) in [6.45, 7) is 1.50. The minimum atomic E-state index is -0.280. The van der Waals surface area contributed by atoms with Crippen LogP contribution in [-0.2, 0) is 16.0 Å². The Morgan fingerprint density at radius 2 is 2.06 bits per heavy atom. The van der Waals surface area contributed by atoms with Gasteiger partial charge in [0.25, 0.3) is 0 Å². The molecular formula is C24H24N4O4. The van der Waals surface area contributed by atoms with E-state index in [-0.39, 0.29) is 18.4 Å². The number of imidazole rings is 1. The number of anilines is 2. The second-order valence-electron chi connectivity index (χ2n) is 7.61. The summed E-state index contributed by atoms with van der Waals surface area (Å²) >= 11 is 0. The van der Waals surface area contributed by atoms with Gasteiger partial charge in [0.2, 0.25) is 5.91 Å². The molecule has 8 nitrogen and oxygen atoms in total. The van der Waals surface area contributed by atoms with Crippen LogP contribution in [0.5, 0.6) is 5.75 Å². The molecule has 1 atom stereocenters. The number of rotatable bonds is 6. The Bertz CT molecular complexity index is 1200. The number of nitrogens with one attached hydrogen (secondary N) is 1. The average molecular weight is 432 g/mol. The summed E-state index contributed by atoms with van der Waals surface area (Å²) in [5.41, 5.74) is 2.54. The first kappa shape index (κ1) is 20.1. The van der Waals surface area contributed by atoms with Gasteiger partial charge in [0, 0.05) is 18.4 Å². The molecule has 3 aromatic heterocycles. The van der Waals surface area contributed by atoms with Crippen molar-refractivity contribution in [1.29, 1.82) is 0 Å². The fourth-order valence-electron chi connectivity index (χ4n) is 3.84. The molecule has 1 aromatic carbocycles. The smallest absolute Gasteiger partial charge is 0.230 e. The van der Waals surface area contributed by atoms with Crippen LogP contribution in [0.4, 0.5) is 11.5 Å². The number of amides is 1. The van der Waals surface area contributed by atoms with Gasteiger partial charge in [-0.15, -0.1) is 0 Å². The molecule has 0 saturated carbocycles. The minimum absolute atomic E-state index is 0.0267. The number of benzene rings is 1. The zero-order chi connectivity index (χ0) is 21.9. The van der Waals surface area contributed by atoms with Crippen LogP contribution in [0.3, 0.4) is 0 Å². The van der Waals surface area contributed by atoms with Gasteiger partial charge in [-0.05, 0) is 48.5 Å². The first-order valence-electron chi connectivity index (χ1n) is 10.5. The van der Waals surface area contributed by atoms with Gasteiger partial charge in [0.15, 0.2) is 0 Å². The zero-order valence-electron chi connectivity index (χ0n) is 17.7. The van der Waals surface area contributed by atoms with E-state index in [9.17, 15) is 4.79 Å². The summed E-state index contributed by atoms with van der Waals surface area (Å²) in [6, 6.07) is 17.2. The van der Waals surface area contributed by atoms with Gasteiger partial charge in [-0.25, -0.2) is 4.98 Å². The third kappa shape index (κ3) is 4.17. The van der Waals surface area contributed by atoms with Gasteiger partial charge in [0.1, 0.15) is 29.1 Å². The van der Waals surface area contributed by atoms with Crippen molar-refractivity contribution < 1.29 is 18.7 Å². The quantitative estimate of drug-likeness (QED) is 0.499. The van der Waals surface area contributed by atoms with Crippen molar-refractivity contribution in [3.05, 3.63) is 78.5 Å². The summed E-state index contributed by atoms with van der Waals surface area (Å²) in [5, 5.41) is 3.42. The van der Waals surface area contributed by atoms with Crippen LogP contribution < -0.4 is 10.1 Å². The van der Waals surface area contributed by atoms with Gasteiger partial charge in [-0.1, -0.05) is 6.07 Å². The summed E-state index contributed by atoms with van der Waals surface area (Å²) < 4.78 is 18.5. The molecule has 1 N–H and O–H groups in total. The van der Waals surface area contributed by atoms with Crippen LogP contribution in [0.25, 0.3) is 5.65 Å². The predicted octanol–water partition coefficient (Wildman–Crippen LogP) is 3.82. The highest BCUT2D eigenvalue weighted by molar-refractivity contribution is 5.78. The van der Waals surface area contributed by atoms with Crippen molar-refractivity contribution in [3.63, 3.8) is 0 Å². The highest BCUT2D eigenvalue weighted by Gasteiger charge is 2.27. The second kappa shape index (κ2) is 8.76. The Morgan fingerprint density at radius 1 is 1.19 bits per heavy atom. The molecule has 164 valence electrons. The molecule has 32 heavy (non-hydrogen) atoms. The lowest BCUT2D eigenvalue weighted by molar-refractivity contribution is -0.138. The van der Waals surface area contributed by atoms with Crippen LogP contribution in [0, 0.1) is 0 Å². The Kier molecular flexibility index (Phi) is 5.51. The van der Waals surface area contributed by atoms with E-state index in [1.165, 1.54) is 0 Å². The largest absolute Gasteiger partial charge is 0.497 e. The molecule has 5 rings (SSSR count). The maximum atomic E-state index is 12.7. The number of methoxy groups -OCH3 is 1. The summed E-state index contributed by atoms with van der Waals surface area (Å²) in [5.74, 6) is 2.38. The second-order valence-corrected chi connectivity index (χ2v) is 7.61. The lowest BCUT2D eigenvalue weighted by Gasteiger charge is -2.32. The monoisotopic (exact) mass is 432 g/mol. The number of ether oxygens (including phenoxy) is 2. The molecule has 1 fully saturated rings. The highest BCUT2D eigenvalue weighted by Crippen LogP contribution is 2.26. The Hall–Kier alpha value is -3.78. The number of aromatic nitrogens is 2. The van der Waals surface area contributed by atoms with Gasteiger partial charge in [0.05, 0.1) is 38.6 Å². The molecule has 0 spiro atoms. The summed E-state index contributed by atoms with van der Waals surface area (Å²) in [6.07, 6.45) is 3.52. The number of nitrogens with zero attached hydrogens (tertiary/aromatic N) is 3. The van der Waals surface area contributed by atoms with Crippen molar-refractivity contribution in [1.82, 2.24) is 14.3 Å². The van der Waals surface area contributed by atoms with E-state index in [0.29, 0.717) is 25.5 Å². The molecule has 4 heterocycles. The number of pyridine rings is 1. The maximum absolute atomic E-state index is 12.7. The fraction of sp³-hybridized carbons (Fsp3) is 0.250. The molecule has 4 aromatic rings. The molecule has 1 amide bonds. The summed E-state index contributed by atoms with van der Waals surface area (Å²) in [7, 11) is 1.65. The van der Waals surface area contributed by atoms with Crippen LogP contribution >= 0.6 is 0 Å². The van der Waals surface area contributed by atoms with E-state index in [2.05, 4.69) is 5.32 Å². The van der Waals surface area contributed by atoms with Crippen molar-refractivity contribution in [2.45, 2.75) is 12.5 Å². The van der Waals surface area contributed by atoms with Gasteiger partial charge in [-0.2, -0.15) is 0 Å². The lowest BCUT2D eigenvalue weighted by Crippen LogP contribution is -2.43. The molecule has 0 radical (unpaired) electrons. The van der Waals surface area contributed by atoms with Crippen LogP contribution in [0.1, 0.15) is 17.6 Å². The Morgan fingerprint density at radius 3 is 2.84 bits per heavy atom. The molecule has 1 aliphatic rings. The Balaban J connectivity index is 1.34. The summed E-state index contributed by atoms with van der Waals surface area (Å²) in [4.78, 5) is 19.3. The van der Waals surface area contributed by atoms with Crippen molar-refractivity contribution in [2.24, 2.45) is 0 Å². The molecular weight excluding hydrogens is 408 g/mol. The van der Waals surface area contributed by atoms with Gasteiger partial charge >= 0.3 is 0 Å². The molecule has 0 bridgehead atoms. The van der Waals surface area contributed by atoms with E-state index < -0.39 is 0 Å². The highest BCUT2D eigenvalue weighted by atomic mass is 16.5. The number of morpholine rings is 1. The van der Waals surface area contributed by atoms with Crippen LogP contribution in [0.15, 0.2) is 71.5 Å². The van der Waals surface area contributed by atoms with E-state index in [4.69, 9.17) is 18.9 Å². The minimum Gasteiger partial charge on any atom is -0.497 e. The fourth-order valence-corrected chi connectivity index (χ4v) is 3.84. The lowest BCUT2D eigenvalue weighted by atomic mass is 10.2. The molecule has 0 aliphatic carbocycles. The predicted molar refractivity (Wildman–Crippen MR) is 119 cm³/mol. The van der Waals surface area contributed by atoms with Gasteiger partial charge < -0.3 is 24.1 Å². The number of carbonyl (C=O) groups is 1. The zero-order valence-corrected chi connectivity index (χ0v) is 17.7. The number of fused-ring (bicyclic) bond motifs is 1. The first-order chi connectivity index (χ1) is 15.7. The average Bonchev–Trinajstić information content (AvgIpc) is 3.50. The van der Waals surface area contributed by atoms with E-state index >= 15 is 0 Å². The van der Waals surface area contributed by atoms with Crippen molar-refractivity contribution >= 4 is 23.1 Å². The maximum Gasteiger partial charge on any atom is 0.230 e. The van der Waals surface area contributed by atoms with E-state index in [1.807, 2.05) is 64.0 Å². The first-order valence-corrected chi connectivity index (χ1v) is 10.5. The van der Waals surface area contributed by atoms with E-state index in [0.717, 1.165) is 28.6 Å². The Labute approximate surface area is 185 Å². The van der Waals surface area contributed by atoms with Gasteiger partial charge in [-0.3, -0.25) is 9.20 Å². The standard InChI is InChI=1S/C24H24N4O4/c1-30-18-9-7-17(8-10-18)25-22-5-2-6-23-26-20(15-28(22)23)21-16-27(11-13-32-21)24(29)14-19-4-3-12-31-19/h2-10,12,15,21,25H,11,13-14,16H2,1H3. The number of hydrogen-bond donors (Lipinski definition) is 1. The topological polar surface area (TPSA) is 81.2 Å². The van der Waals surface area contributed by atoms with Crippen LogP contribution in [0.2, 0.25) is 0 Å².